The van der Waals surface area contributed by atoms with E-state index in [1.807, 2.05) is 19.0 Å². The summed E-state index contributed by atoms with van der Waals surface area (Å²) in [5, 5.41) is 5.24. The first-order chi connectivity index (χ1) is 10.9. The molecule has 0 atom stereocenters. The maximum absolute atomic E-state index is 11.9. The average molecular weight is 321 g/mol. The van der Waals surface area contributed by atoms with E-state index >= 15 is 0 Å². The number of anilines is 1. The van der Waals surface area contributed by atoms with Gasteiger partial charge in [-0.05, 0) is 39.2 Å². The molecular weight excluding hydrogens is 298 g/mol. The highest BCUT2D eigenvalue weighted by molar-refractivity contribution is 6.06. The van der Waals surface area contributed by atoms with Gasteiger partial charge in [-0.1, -0.05) is 12.1 Å². The van der Waals surface area contributed by atoms with Crippen LogP contribution in [0.2, 0.25) is 0 Å². The molecule has 126 valence electrons. The van der Waals surface area contributed by atoms with Crippen LogP contribution >= 0.6 is 0 Å². The van der Waals surface area contributed by atoms with Crippen LogP contribution in [0.1, 0.15) is 23.2 Å². The maximum Gasteiger partial charge on any atom is 0.339 e. The molecule has 7 heteroatoms. The van der Waals surface area contributed by atoms with E-state index in [9.17, 15) is 14.4 Å². The molecule has 0 saturated heterocycles. The van der Waals surface area contributed by atoms with Gasteiger partial charge in [0, 0.05) is 6.54 Å². The molecule has 0 fully saturated rings. The van der Waals surface area contributed by atoms with E-state index in [1.165, 1.54) is 7.11 Å². The number of para-hydroxylation sites is 1. The van der Waals surface area contributed by atoms with Crippen molar-refractivity contribution in [2.45, 2.75) is 12.8 Å². The highest BCUT2D eigenvalue weighted by Crippen LogP contribution is 2.16. The molecule has 0 aromatic heterocycles. The molecular formula is C16H23N3O4. The number of hydrogen-bond acceptors (Lipinski definition) is 5. The molecule has 0 radical (unpaired) electrons. The molecule has 1 aromatic carbocycles. The van der Waals surface area contributed by atoms with Crippen molar-refractivity contribution in [1.29, 1.82) is 0 Å². The minimum Gasteiger partial charge on any atom is -0.465 e. The number of hydrogen-bond donors (Lipinski definition) is 2. The van der Waals surface area contributed by atoms with Crippen LogP contribution in [0.3, 0.4) is 0 Å². The second-order valence-electron chi connectivity index (χ2n) is 5.27. The van der Waals surface area contributed by atoms with E-state index in [0.29, 0.717) is 12.2 Å². The third kappa shape index (κ3) is 6.92. The molecule has 0 spiro atoms. The summed E-state index contributed by atoms with van der Waals surface area (Å²) in [5.41, 5.74) is 0.569. The van der Waals surface area contributed by atoms with E-state index in [4.69, 9.17) is 0 Å². The first-order valence-electron chi connectivity index (χ1n) is 7.32. The summed E-state index contributed by atoms with van der Waals surface area (Å²) in [7, 11) is 5.17. The van der Waals surface area contributed by atoms with Gasteiger partial charge < -0.3 is 20.3 Å². The third-order valence-electron chi connectivity index (χ3n) is 3.03. The van der Waals surface area contributed by atoms with E-state index in [0.717, 1.165) is 13.0 Å². The van der Waals surface area contributed by atoms with Crippen LogP contribution in [0, 0.1) is 0 Å². The van der Waals surface area contributed by atoms with Crippen LogP contribution in [-0.4, -0.2) is 57.0 Å². The number of methoxy groups -OCH3 is 1. The Hall–Kier alpha value is -2.41. The monoisotopic (exact) mass is 321 g/mol. The zero-order chi connectivity index (χ0) is 17.2. The number of carbonyl (C=O) groups excluding carboxylic acids is 3. The smallest absolute Gasteiger partial charge is 0.339 e. The number of esters is 1. The summed E-state index contributed by atoms with van der Waals surface area (Å²) in [6.07, 6.45) is 0.517. The van der Waals surface area contributed by atoms with Gasteiger partial charge in [-0.25, -0.2) is 4.79 Å². The van der Waals surface area contributed by atoms with Gasteiger partial charge in [-0.3, -0.25) is 9.59 Å². The Morgan fingerprint density at radius 1 is 1.13 bits per heavy atom. The van der Waals surface area contributed by atoms with Gasteiger partial charge in [0.05, 0.1) is 18.4 Å². The van der Waals surface area contributed by atoms with Crippen molar-refractivity contribution in [3.63, 3.8) is 0 Å². The lowest BCUT2D eigenvalue weighted by molar-refractivity contribution is -0.126. The molecule has 1 aromatic rings. The van der Waals surface area contributed by atoms with Gasteiger partial charge >= 0.3 is 5.97 Å². The van der Waals surface area contributed by atoms with Crippen LogP contribution in [-0.2, 0) is 14.3 Å². The van der Waals surface area contributed by atoms with E-state index in [2.05, 4.69) is 15.4 Å². The molecule has 0 bridgehead atoms. The Bertz CT molecular complexity index is 558. The highest BCUT2D eigenvalue weighted by atomic mass is 16.5. The predicted molar refractivity (Wildman–Crippen MR) is 87.2 cm³/mol. The Morgan fingerprint density at radius 2 is 1.83 bits per heavy atom. The molecule has 0 heterocycles. The van der Waals surface area contributed by atoms with Crippen LogP contribution in [0.4, 0.5) is 5.69 Å². The zero-order valence-corrected chi connectivity index (χ0v) is 13.7. The van der Waals surface area contributed by atoms with Crippen LogP contribution in [0.15, 0.2) is 24.3 Å². The van der Waals surface area contributed by atoms with Gasteiger partial charge in [-0.2, -0.15) is 0 Å². The number of nitrogens with zero attached hydrogens (tertiary/aromatic N) is 1. The molecule has 2 amide bonds. The fourth-order valence-corrected chi connectivity index (χ4v) is 1.91. The Labute approximate surface area is 136 Å². The summed E-state index contributed by atoms with van der Waals surface area (Å²) in [4.78, 5) is 37.2. The molecule has 0 aliphatic rings. The lowest BCUT2D eigenvalue weighted by Crippen LogP contribution is -2.30. The molecule has 0 unspecified atom stereocenters. The van der Waals surface area contributed by atoms with E-state index in [1.54, 1.807) is 24.3 Å². The maximum atomic E-state index is 11.9. The molecule has 1 rings (SSSR count). The van der Waals surface area contributed by atoms with Crippen LogP contribution < -0.4 is 10.6 Å². The average Bonchev–Trinajstić information content (AvgIpc) is 2.51. The highest BCUT2D eigenvalue weighted by Gasteiger charge is 2.15. The van der Waals surface area contributed by atoms with Gasteiger partial charge in [0.1, 0.15) is 6.42 Å². The fourth-order valence-electron chi connectivity index (χ4n) is 1.91. The van der Waals surface area contributed by atoms with Gasteiger partial charge in [0.2, 0.25) is 11.8 Å². The van der Waals surface area contributed by atoms with Crippen molar-refractivity contribution in [1.82, 2.24) is 10.2 Å². The van der Waals surface area contributed by atoms with Crippen molar-refractivity contribution in [3.05, 3.63) is 29.8 Å². The van der Waals surface area contributed by atoms with Crippen molar-refractivity contribution in [2.24, 2.45) is 0 Å². The zero-order valence-electron chi connectivity index (χ0n) is 13.7. The lowest BCUT2D eigenvalue weighted by atomic mass is 10.1. The molecule has 7 nitrogen and oxygen atoms in total. The Kier molecular flexibility index (Phi) is 7.76. The molecule has 0 saturated carbocycles. The van der Waals surface area contributed by atoms with Crippen molar-refractivity contribution < 1.29 is 19.1 Å². The standard InChI is InChI=1S/C16H23N3O4/c1-19(2)10-6-9-17-14(20)11-15(21)18-13-8-5-4-7-12(13)16(22)23-3/h4-5,7-8H,6,9-11H2,1-3H3,(H,17,20)(H,18,21). The SMILES string of the molecule is COC(=O)c1ccccc1NC(=O)CC(=O)NCCCN(C)C. The topological polar surface area (TPSA) is 87.7 Å². The van der Waals surface area contributed by atoms with Crippen molar-refractivity contribution in [2.75, 3.05) is 39.6 Å². The molecule has 0 aliphatic carbocycles. The second kappa shape index (κ2) is 9.58. The van der Waals surface area contributed by atoms with Crippen molar-refractivity contribution >= 4 is 23.5 Å². The molecule has 0 aliphatic heterocycles. The van der Waals surface area contributed by atoms with E-state index < -0.39 is 11.9 Å². The number of ether oxygens (including phenoxy) is 1. The number of nitrogens with one attached hydrogen (secondary N) is 2. The van der Waals surface area contributed by atoms with Gasteiger partial charge in [-0.15, -0.1) is 0 Å². The van der Waals surface area contributed by atoms with Gasteiger partial charge in [0.15, 0.2) is 0 Å². The van der Waals surface area contributed by atoms with Gasteiger partial charge in [0.25, 0.3) is 0 Å². The minimum absolute atomic E-state index is 0.245. The van der Waals surface area contributed by atoms with Crippen LogP contribution in [0.25, 0.3) is 0 Å². The summed E-state index contributed by atoms with van der Waals surface area (Å²) in [6, 6.07) is 6.48. The quantitative estimate of drug-likeness (QED) is 0.421. The van der Waals surface area contributed by atoms with Crippen molar-refractivity contribution in [3.8, 4) is 0 Å². The first kappa shape index (κ1) is 18.6. The van der Waals surface area contributed by atoms with Crippen LogP contribution in [0.5, 0.6) is 0 Å². The number of amides is 2. The Morgan fingerprint density at radius 3 is 2.48 bits per heavy atom. The number of rotatable bonds is 8. The second-order valence-corrected chi connectivity index (χ2v) is 5.27. The summed E-state index contributed by atoms with van der Waals surface area (Å²) in [6.45, 7) is 1.38. The summed E-state index contributed by atoms with van der Waals surface area (Å²) in [5.74, 6) is -1.38. The first-order valence-corrected chi connectivity index (χ1v) is 7.32. The number of benzene rings is 1. The summed E-state index contributed by atoms with van der Waals surface area (Å²) >= 11 is 0. The fraction of sp³-hybridized carbons (Fsp3) is 0.438. The molecule has 2 N–H and O–H groups in total. The Balaban J connectivity index is 2.48. The predicted octanol–water partition coefficient (Wildman–Crippen LogP) is 0.870. The van der Waals surface area contributed by atoms with E-state index in [-0.39, 0.29) is 17.9 Å². The number of carbonyl (C=O) groups is 3. The lowest BCUT2D eigenvalue weighted by Gasteiger charge is -2.11. The largest absolute Gasteiger partial charge is 0.465 e. The normalized spacial score (nSPS) is 10.3. The minimum atomic E-state index is -0.547. The summed E-state index contributed by atoms with van der Waals surface area (Å²) < 4.78 is 4.65. The third-order valence-corrected chi connectivity index (χ3v) is 3.03. The molecule has 23 heavy (non-hydrogen) atoms.